The maximum atomic E-state index is 13.4. The zero-order chi connectivity index (χ0) is 13.1. The van der Waals surface area contributed by atoms with E-state index in [-0.39, 0.29) is 17.0 Å². The van der Waals surface area contributed by atoms with Gasteiger partial charge in [-0.2, -0.15) is 0 Å². The number of rotatable bonds is 4. The van der Waals surface area contributed by atoms with E-state index in [2.05, 4.69) is 36.7 Å². The van der Waals surface area contributed by atoms with E-state index < -0.39 is 0 Å². The lowest BCUT2D eigenvalue weighted by Crippen LogP contribution is -2.24. The van der Waals surface area contributed by atoms with Crippen molar-refractivity contribution in [3.8, 4) is 0 Å². The Balaban J connectivity index is 2.69. The van der Waals surface area contributed by atoms with Crippen LogP contribution in [-0.2, 0) is 0 Å². The van der Waals surface area contributed by atoms with Crippen LogP contribution in [0.15, 0.2) is 23.1 Å². The molecule has 0 radical (unpaired) electrons. The van der Waals surface area contributed by atoms with Gasteiger partial charge in [-0.3, -0.25) is 0 Å². The molecule has 96 valence electrons. The number of hydrogen-bond donors (Lipinski definition) is 0. The molecule has 0 saturated carbocycles. The van der Waals surface area contributed by atoms with Crippen molar-refractivity contribution in [3.05, 3.63) is 29.8 Å². The Bertz CT molecular complexity index is 374. The smallest absolute Gasteiger partial charge is 0.136 e. The Hall–Kier alpha value is -0.0900. The van der Waals surface area contributed by atoms with Crippen molar-refractivity contribution in [2.75, 3.05) is 11.1 Å². The molecule has 0 fully saturated rings. The molecule has 1 rings (SSSR count). The molecule has 0 aliphatic heterocycles. The van der Waals surface area contributed by atoms with Crippen molar-refractivity contribution in [1.29, 1.82) is 0 Å². The van der Waals surface area contributed by atoms with Crippen LogP contribution >= 0.6 is 27.7 Å². The highest BCUT2D eigenvalue weighted by Gasteiger charge is 2.23. The van der Waals surface area contributed by atoms with Gasteiger partial charge in [0, 0.05) is 16.0 Å². The SMILES string of the molecule is CC(C)(C)C(CBr)CSc1cc(F)ccc1F. The van der Waals surface area contributed by atoms with Crippen LogP contribution in [0.5, 0.6) is 0 Å². The largest absolute Gasteiger partial charge is 0.207 e. The number of alkyl halides is 1. The summed E-state index contributed by atoms with van der Waals surface area (Å²) in [4.78, 5) is 0.389. The first-order chi connectivity index (χ1) is 7.84. The molecule has 17 heavy (non-hydrogen) atoms. The number of halogens is 3. The summed E-state index contributed by atoms with van der Waals surface area (Å²) in [6.45, 7) is 6.46. The molecule has 1 aromatic rings. The van der Waals surface area contributed by atoms with Crippen molar-refractivity contribution in [2.24, 2.45) is 11.3 Å². The zero-order valence-electron chi connectivity index (χ0n) is 10.3. The predicted molar refractivity (Wildman–Crippen MR) is 73.8 cm³/mol. The maximum absolute atomic E-state index is 13.4. The van der Waals surface area contributed by atoms with Gasteiger partial charge in [0.1, 0.15) is 11.6 Å². The minimum atomic E-state index is -0.389. The van der Waals surface area contributed by atoms with Gasteiger partial charge < -0.3 is 0 Å². The predicted octanol–water partition coefficient (Wildman–Crippen LogP) is 5.11. The van der Waals surface area contributed by atoms with Gasteiger partial charge >= 0.3 is 0 Å². The highest BCUT2D eigenvalue weighted by molar-refractivity contribution is 9.09. The molecule has 0 amide bonds. The molecular weight excluding hydrogens is 306 g/mol. The number of benzene rings is 1. The molecule has 1 atom stereocenters. The van der Waals surface area contributed by atoms with Crippen molar-refractivity contribution in [1.82, 2.24) is 0 Å². The zero-order valence-corrected chi connectivity index (χ0v) is 12.7. The molecule has 0 aromatic heterocycles. The van der Waals surface area contributed by atoms with Crippen LogP contribution in [0, 0.1) is 23.0 Å². The Kier molecular flexibility index (Phi) is 5.45. The minimum Gasteiger partial charge on any atom is -0.207 e. The van der Waals surface area contributed by atoms with Crippen molar-refractivity contribution < 1.29 is 8.78 Å². The van der Waals surface area contributed by atoms with Crippen molar-refractivity contribution in [2.45, 2.75) is 25.7 Å². The van der Waals surface area contributed by atoms with Gasteiger partial charge in [0.2, 0.25) is 0 Å². The third-order valence-electron chi connectivity index (χ3n) is 2.74. The summed E-state index contributed by atoms with van der Waals surface area (Å²) < 4.78 is 26.4. The Labute approximate surface area is 114 Å². The quantitative estimate of drug-likeness (QED) is 0.548. The molecule has 0 aliphatic rings. The molecule has 0 saturated heterocycles. The van der Waals surface area contributed by atoms with E-state index in [9.17, 15) is 8.78 Å². The minimum absolute atomic E-state index is 0.153. The first kappa shape index (κ1) is 15.0. The fourth-order valence-corrected chi connectivity index (χ4v) is 4.21. The van der Waals surface area contributed by atoms with Crippen molar-refractivity contribution >= 4 is 27.7 Å². The Morgan fingerprint density at radius 3 is 2.47 bits per heavy atom. The van der Waals surface area contributed by atoms with Crippen LogP contribution in [0.25, 0.3) is 0 Å². The molecule has 0 nitrogen and oxygen atoms in total. The van der Waals surface area contributed by atoms with E-state index in [4.69, 9.17) is 0 Å². The standard InChI is InChI=1S/C13H17BrF2S/c1-13(2,3)9(7-14)8-17-12-6-10(15)4-5-11(12)16/h4-6,9H,7-8H2,1-3H3. The lowest BCUT2D eigenvalue weighted by Gasteiger charge is -2.28. The first-order valence-electron chi connectivity index (χ1n) is 5.48. The summed E-state index contributed by atoms with van der Waals surface area (Å²) in [5.74, 6) is 0.448. The van der Waals surface area contributed by atoms with E-state index in [1.165, 1.54) is 23.9 Å². The summed E-state index contributed by atoms with van der Waals surface area (Å²) in [7, 11) is 0. The normalized spacial score (nSPS) is 13.8. The second-order valence-electron chi connectivity index (χ2n) is 5.10. The molecule has 0 spiro atoms. The second-order valence-corrected chi connectivity index (χ2v) is 6.81. The Morgan fingerprint density at radius 1 is 1.29 bits per heavy atom. The molecule has 1 unspecified atom stereocenters. The molecule has 0 aliphatic carbocycles. The van der Waals surface area contributed by atoms with Crippen LogP contribution in [0.3, 0.4) is 0 Å². The van der Waals surface area contributed by atoms with Crippen LogP contribution in [-0.4, -0.2) is 11.1 Å². The maximum Gasteiger partial charge on any atom is 0.136 e. The molecule has 1 aromatic carbocycles. The Morgan fingerprint density at radius 2 is 1.94 bits per heavy atom. The van der Waals surface area contributed by atoms with Gasteiger partial charge in [-0.25, -0.2) is 8.78 Å². The third kappa shape index (κ3) is 4.59. The van der Waals surface area contributed by atoms with Gasteiger partial charge in [-0.15, -0.1) is 11.8 Å². The highest BCUT2D eigenvalue weighted by Crippen LogP contribution is 2.33. The van der Waals surface area contributed by atoms with E-state index in [0.29, 0.717) is 10.8 Å². The highest BCUT2D eigenvalue weighted by atomic mass is 79.9. The monoisotopic (exact) mass is 322 g/mol. The van der Waals surface area contributed by atoms with Gasteiger partial charge in [-0.05, 0) is 29.5 Å². The summed E-state index contributed by atoms with van der Waals surface area (Å²) in [6, 6.07) is 3.58. The fraction of sp³-hybridized carbons (Fsp3) is 0.538. The van der Waals surface area contributed by atoms with E-state index in [1.807, 2.05) is 0 Å². The summed E-state index contributed by atoms with van der Waals surface area (Å²) in [6.07, 6.45) is 0. The molecule has 0 N–H and O–H groups in total. The molecule has 4 heteroatoms. The number of thioether (sulfide) groups is 1. The van der Waals surface area contributed by atoms with Crippen LogP contribution in [0.1, 0.15) is 20.8 Å². The second kappa shape index (κ2) is 6.19. The van der Waals surface area contributed by atoms with Gasteiger partial charge in [0.15, 0.2) is 0 Å². The van der Waals surface area contributed by atoms with Crippen LogP contribution < -0.4 is 0 Å². The summed E-state index contributed by atoms with van der Waals surface area (Å²) in [5.41, 5.74) is 0.153. The molecular formula is C13H17BrF2S. The lowest BCUT2D eigenvalue weighted by atomic mass is 9.83. The third-order valence-corrected chi connectivity index (χ3v) is 4.72. The number of hydrogen-bond acceptors (Lipinski definition) is 1. The van der Waals surface area contributed by atoms with Gasteiger partial charge in [-0.1, -0.05) is 36.7 Å². The van der Waals surface area contributed by atoms with Gasteiger partial charge in [0.25, 0.3) is 0 Å². The van der Waals surface area contributed by atoms with Crippen LogP contribution in [0.2, 0.25) is 0 Å². The van der Waals surface area contributed by atoms with Crippen molar-refractivity contribution in [3.63, 3.8) is 0 Å². The topological polar surface area (TPSA) is 0 Å². The van der Waals surface area contributed by atoms with E-state index in [1.54, 1.807) is 0 Å². The average Bonchev–Trinajstić information content (AvgIpc) is 2.22. The van der Waals surface area contributed by atoms with Gasteiger partial charge in [0.05, 0.1) is 0 Å². The summed E-state index contributed by atoms with van der Waals surface area (Å²) >= 11 is 4.85. The van der Waals surface area contributed by atoms with E-state index in [0.717, 1.165) is 17.1 Å². The van der Waals surface area contributed by atoms with Crippen LogP contribution in [0.4, 0.5) is 8.78 Å². The summed E-state index contributed by atoms with van der Waals surface area (Å²) in [5, 5.41) is 0.862. The average molecular weight is 323 g/mol. The molecule has 0 bridgehead atoms. The van der Waals surface area contributed by atoms with E-state index >= 15 is 0 Å². The lowest BCUT2D eigenvalue weighted by molar-refractivity contribution is 0.295. The molecule has 0 heterocycles. The fourth-order valence-electron chi connectivity index (χ4n) is 1.30. The first-order valence-corrected chi connectivity index (χ1v) is 7.59.